The van der Waals surface area contributed by atoms with Gasteiger partial charge in [-0.05, 0) is 17.7 Å². The summed E-state index contributed by atoms with van der Waals surface area (Å²) in [4.78, 5) is 3.83. The molecule has 0 aliphatic carbocycles. The number of rotatable bonds is 4. The molecule has 1 aliphatic heterocycles. The average molecular weight is 245 g/mol. The number of hydrogen-bond donors (Lipinski definition) is 0. The average Bonchev–Trinajstić information content (AvgIpc) is 3.23. The van der Waals surface area contributed by atoms with E-state index in [0.29, 0.717) is 18.9 Å². The second-order valence-electron chi connectivity index (χ2n) is 4.12. The third kappa shape index (κ3) is 2.49. The molecule has 1 fully saturated rings. The molecule has 2 heterocycles. The van der Waals surface area contributed by atoms with Gasteiger partial charge >= 0.3 is 0 Å². The highest BCUT2D eigenvalue weighted by Gasteiger charge is 2.27. The number of benzene rings is 1. The van der Waals surface area contributed by atoms with Crippen molar-refractivity contribution < 1.29 is 13.9 Å². The van der Waals surface area contributed by atoms with E-state index in [-0.39, 0.29) is 11.9 Å². The smallest absolute Gasteiger partial charge is 0.255 e. The molecule has 1 aromatic heterocycles. The highest BCUT2D eigenvalue weighted by molar-refractivity contribution is 5.24. The van der Waals surface area contributed by atoms with Crippen molar-refractivity contribution in [1.29, 1.82) is 0 Å². The van der Waals surface area contributed by atoms with Gasteiger partial charge in [0.05, 0.1) is 12.3 Å². The summed E-state index contributed by atoms with van der Waals surface area (Å²) in [7, 11) is 0. The molecule has 0 spiro atoms. The molecule has 3 nitrogen and oxygen atoms in total. The first-order valence-corrected chi connectivity index (χ1v) is 5.78. The third-order valence-electron chi connectivity index (χ3n) is 2.74. The van der Waals surface area contributed by atoms with Crippen molar-refractivity contribution in [3.63, 3.8) is 0 Å². The van der Waals surface area contributed by atoms with Crippen molar-refractivity contribution >= 4 is 0 Å². The Balaban J connectivity index is 1.69. The Kier molecular flexibility index (Phi) is 2.94. The molecule has 1 saturated heterocycles. The van der Waals surface area contributed by atoms with Crippen molar-refractivity contribution in [2.24, 2.45) is 0 Å². The third-order valence-corrected chi connectivity index (χ3v) is 2.74. The number of ether oxygens (including phenoxy) is 2. The predicted molar refractivity (Wildman–Crippen MR) is 63.7 cm³/mol. The number of halogens is 1. The SMILES string of the molecule is Fc1nc([C@H]2CO2)ccc1OCc1ccccc1. The Morgan fingerprint density at radius 1 is 1.22 bits per heavy atom. The van der Waals surface area contributed by atoms with E-state index in [4.69, 9.17) is 9.47 Å². The van der Waals surface area contributed by atoms with Crippen molar-refractivity contribution in [1.82, 2.24) is 4.98 Å². The molecule has 18 heavy (non-hydrogen) atoms. The first kappa shape index (κ1) is 11.2. The van der Waals surface area contributed by atoms with E-state index in [2.05, 4.69) is 4.98 Å². The highest BCUT2D eigenvalue weighted by Crippen LogP contribution is 2.29. The molecular weight excluding hydrogens is 233 g/mol. The van der Waals surface area contributed by atoms with Crippen LogP contribution < -0.4 is 4.74 Å². The predicted octanol–water partition coefficient (Wildman–Crippen LogP) is 2.87. The Labute approximate surface area is 104 Å². The zero-order chi connectivity index (χ0) is 12.4. The Hall–Kier alpha value is -1.94. The van der Waals surface area contributed by atoms with Gasteiger partial charge in [-0.15, -0.1) is 0 Å². The molecular formula is C14H12FNO2. The molecule has 3 rings (SSSR count). The standard InChI is InChI=1S/C14H12FNO2/c15-14-12(7-6-11(16-14)13-9-18-13)17-8-10-4-2-1-3-5-10/h1-7,13H,8-9H2/t13-/m1/s1. The summed E-state index contributed by atoms with van der Waals surface area (Å²) in [5.41, 5.74) is 1.62. The first-order valence-electron chi connectivity index (χ1n) is 5.78. The number of nitrogens with zero attached hydrogens (tertiary/aromatic N) is 1. The van der Waals surface area contributed by atoms with Gasteiger partial charge in [0.25, 0.3) is 5.95 Å². The molecule has 0 N–H and O–H groups in total. The van der Waals surface area contributed by atoms with Crippen molar-refractivity contribution in [2.45, 2.75) is 12.7 Å². The van der Waals surface area contributed by atoms with Crippen LogP contribution in [0.4, 0.5) is 4.39 Å². The second-order valence-corrected chi connectivity index (χ2v) is 4.12. The van der Waals surface area contributed by atoms with Crippen molar-refractivity contribution in [2.75, 3.05) is 6.61 Å². The molecule has 0 saturated carbocycles. The largest absolute Gasteiger partial charge is 0.484 e. The Morgan fingerprint density at radius 3 is 2.67 bits per heavy atom. The van der Waals surface area contributed by atoms with Crippen LogP contribution >= 0.6 is 0 Å². The molecule has 1 aliphatic rings. The summed E-state index contributed by atoms with van der Waals surface area (Å²) in [6.07, 6.45) is -0.0392. The fourth-order valence-electron chi connectivity index (χ4n) is 1.68. The maximum atomic E-state index is 13.6. The molecule has 1 aromatic carbocycles. The fraction of sp³-hybridized carbons (Fsp3) is 0.214. The van der Waals surface area contributed by atoms with Gasteiger partial charge in [0.15, 0.2) is 5.75 Å². The molecule has 0 amide bonds. The van der Waals surface area contributed by atoms with Crippen LogP contribution in [0, 0.1) is 5.95 Å². The van der Waals surface area contributed by atoms with Crippen LogP contribution in [0.5, 0.6) is 5.75 Å². The molecule has 92 valence electrons. The molecule has 2 aromatic rings. The molecule has 0 radical (unpaired) electrons. The van der Waals surface area contributed by atoms with E-state index in [1.54, 1.807) is 12.1 Å². The summed E-state index contributed by atoms with van der Waals surface area (Å²) in [5, 5.41) is 0. The van der Waals surface area contributed by atoms with Crippen LogP contribution in [0.2, 0.25) is 0 Å². The number of aromatic nitrogens is 1. The zero-order valence-corrected chi connectivity index (χ0v) is 9.67. The van der Waals surface area contributed by atoms with Gasteiger partial charge in [-0.1, -0.05) is 30.3 Å². The minimum Gasteiger partial charge on any atom is -0.484 e. The number of pyridine rings is 1. The Morgan fingerprint density at radius 2 is 2.00 bits per heavy atom. The van der Waals surface area contributed by atoms with E-state index >= 15 is 0 Å². The van der Waals surface area contributed by atoms with Gasteiger partial charge in [0.1, 0.15) is 12.7 Å². The van der Waals surface area contributed by atoms with Crippen molar-refractivity contribution in [3.05, 3.63) is 59.7 Å². The summed E-state index contributed by atoms with van der Waals surface area (Å²) < 4.78 is 24.1. The van der Waals surface area contributed by atoms with Crippen molar-refractivity contribution in [3.8, 4) is 5.75 Å². The monoisotopic (exact) mass is 245 g/mol. The van der Waals surface area contributed by atoms with Crippen LogP contribution in [0.15, 0.2) is 42.5 Å². The molecule has 1 atom stereocenters. The normalized spacial score (nSPS) is 17.5. The highest BCUT2D eigenvalue weighted by atomic mass is 19.1. The summed E-state index contributed by atoms with van der Waals surface area (Å²) in [6.45, 7) is 0.954. The van der Waals surface area contributed by atoms with Gasteiger partial charge in [-0.3, -0.25) is 0 Å². The topological polar surface area (TPSA) is 34.7 Å². The molecule has 4 heteroatoms. The van der Waals surface area contributed by atoms with Crippen LogP contribution in [0.3, 0.4) is 0 Å². The lowest BCUT2D eigenvalue weighted by molar-refractivity contribution is 0.284. The van der Waals surface area contributed by atoms with Gasteiger partial charge in [0.2, 0.25) is 0 Å². The number of hydrogen-bond acceptors (Lipinski definition) is 3. The van der Waals surface area contributed by atoms with E-state index in [1.165, 1.54) is 0 Å². The van der Waals surface area contributed by atoms with E-state index in [0.717, 1.165) is 5.56 Å². The Bertz CT molecular complexity index is 541. The summed E-state index contributed by atoms with van der Waals surface area (Å²) in [6, 6.07) is 13.0. The van der Waals surface area contributed by atoms with Gasteiger partial charge in [-0.25, -0.2) is 4.98 Å². The van der Waals surface area contributed by atoms with E-state index in [1.807, 2.05) is 30.3 Å². The second kappa shape index (κ2) is 4.74. The molecule has 0 bridgehead atoms. The van der Waals surface area contributed by atoms with E-state index in [9.17, 15) is 4.39 Å². The summed E-state index contributed by atoms with van der Waals surface area (Å²) >= 11 is 0. The number of epoxide rings is 1. The van der Waals surface area contributed by atoms with Crippen LogP contribution in [0.25, 0.3) is 0 Å². The van der Waals surface area contributed by atoms with Gasteiger partial charge in [0, 0.05) is 0 Å². The minimum absolute atomic E-state index is 0.0392. The maximum absolute atomic E-state index is 13.6. The fourth-order valence-corrected chi connectivity index (χ4v) is 1.68. The van der Waals surface area contributed by atoms with Crippen LogP contribution in [-0.4, -0.2) is 11.6 Å². The van der Waals surface area contributed by atoms with Crippen LogP contribution in [0.1, 0.15) is 17.4 Å². The van der Waals surface area contributed by atoms with Gasteiger partial charge < -0.3 is 9.47 Å². The lowest BCUT2D eigenvalue weighted by Crippen LogP contribution is -2.00. The lowest BCUT2D eigenvalue weighted by Gasteiger charge is -2.07. The summed E-state index contributed by atoms with van der Waals surface area (Å²) in [5.74, 6) is -0.415. The lowest BCUT2D eigenvalue weighted by atomic mass is 10.2. The zero-order valence-electron chi connectivity index (χ0n) is 9.67. The quantitative estimate of drug-likeness (QED) is 0.613. The first-order chi connectivity index (χ1) is 8.83. The maximum Gasteiger partial charge on any atom is 0.255 e. The molecule has 0 unspecified atom stereocenters. The minimum atomic E-state index is -0.584. The van der Waals surface area contributed by atoms with Gasteiger partial charge in [-0.2, -0.15) is 4.39 Å². The van der Waals surface area contributed by atoms with E-state index < -0.39 is 5.95 Å². The van der Waals surface area contributed by atoms with Crippen LogP contribution in [-0.2, 0) is 11.3 Å².